The van der Waals surface area contributed by atoms with E-state index in [0.29, 0.717) is 6.54 Å². The van der Waals surface area contributed by atoms with Gasteiger partial charge in [0.05, 0.1) is 20.1 Å². The number of ether oxygens (including phenoxy) is 1. The highest BCUT2D eigenvalue weighted by Gasteiger charge is 2.41. The topological polar surface area (TPSA) is 73.0 Å². The zero-order valence-electron chi connectivity index (χ0n) is 9.14. The maximum absolute atomic E-state index is 11.1. The van der Waals surface area contributed by atoms with Crippen LogP contribution in [0.25, 0.3) is 0 Å². The highest BCUT2D eigenvalue weighted by molar-refractivity contribution is 5.93. The molecule has 0 radical (unpaired) electrons. The smallest absolute Gasteiger partial charge is 0.383 e. The monoisotopic (exact) mass is 227 g/mol. The first-order chi connectivity index (χ1) is 7.65. The van der Waals surface area contributed by atoms with Crippen molar-refractivity contribution < 1.29 is 24.3 Å². The summed E-state index contributed by atoms with van der Waals surface area (Å²) < 4.78 is 6.76. The van der Waals surface area contributed by atoms with Crippen molar-refractivity contribution in [3.63, 3.8) is 0 Å². The molecule has 0 aliphatic carbocycles. The van der Waals surface area contributed by atoms with E-state index in [9.17, 15) is 9.90 Å². The van der Waals surface area contributed by atoms with E-state index in [-0.39, 0.29) is 5.70 Å². The number of methoxy groups -OCH3 is 1. The molecule has 88 valence electrons. The number of carbonyl (C=O) groups is 1. The first kappa shape index (κ1) is 10.8. The van der Waals surface area contributed by atoms with Gasteiger partial charge in [0.25, 0.3) is 11.5 Å². The number of hydrogen-bond donors (Lipinski definition) is 2. The Hall–Kier alpha value is -1.72. The average Bonchev–Trinajstić information content (AvgIpc) is 2.81. The summed E-state index contributed by atoms with van der Waals surface area (Å²) in [6, 6.07) is 0. The van der Waals surface area contributed by atoms with E-state index in [1.807, 2.05) is 0 Å². The van der Waals surface area contributed by atoms with Crippen LogP contribution >= 0.6 is 0 Å². The van der Waals surface area contributed by atoms with Crippen LogP contribution in [-0.2, 0) is 9.53 Å². The van der Waals surface area contributed by atoms with Crippen LogP contribution in [0.3, 0.4) is 0 Å². The number of aliphatic hydroxyl groups excluding tert-OH is 1. The van der Waals surface area contributed by atoms with E-state index in [1.54, 1.807) is 4.90 Å². The van der Waals surface area contributed by atoms with Crippen molar-refractivity contribution in [2.24, 2.45) is 0 Å². The van der Waals surface area contributed by atoms with Crippen LogP contribution in [0, 0.1) is 0 Å². The van der Waals surface area contributed by atoms with Crippen LogP contribution in [0.5, 0.6) is 0 Å². The maximum atomic E-state index is 11.1. The molecule has 2 aliphatic heterocycles. The van der Waals surface area contributed by atoms with Gasteiger partial charge in [0.15, 0.2) is 0 Å². The molecule has 0 aromatic carbocycles. The molecule has 16 heavy (non-hydrogen) atoms. The van der Waals surface area contributed by atoms with Crippen LogP contribution in [0.15, 0.2) is 11.6 Å². The average molecular weight is 227 g/mol. The Balaban J connectivity index is 2.33. The van der Waals surface area contributed by atoms with E-state index in [1.165, 1.54) is 7.11 Å². The van der Waals surface area contributed by atoms with Gasteiger partial charge >= 0.3 is 11.9 Å². The molecule has 0 saturated carbocycles. The van der Waals surface area contributed by atoms with E-state index in [4.69, 9.17) is 5.11 Å². The first-order valence-corrected chi connectivity index (χ1v) is 5.24. The van der Waals surface area contributed by atoms with Crippen molar-refractivity contribution in [1.82, 2.24) is 4.90 Å². The fourth-order valence-electron chi connectivity index (χ4n) is 2.27. The third-order valence-corrected chi connectivity index (χ3v) is 2.97. The van der Waals surface area contributed by atoms with Crippen LogP contribution in [0.4, 0.5) is 0 Å². The summed E-state index contributed by atoms with van der Waals surface area (Å²) in [5.74, 6) is -0.727. The molecular formula is C10H15N2O4+. The SMILES string of the molecule is COC(O)=C(C(=O)O)N1CC[N+]2=C1CCC2. The molecule has 0 aromatic heterocycles. The van der Waals surface area contributed by atoms with Gasteiger partial charge in [-0.25, -0.2) is 9.69 Å². The molecule has 2 heterocycles. The lowest BCUT2D eigenvalue weighted by atomic mass is 10.3. The quantitative estimate of drug-likeness (QED) is 0.402. The number of aliphatic carboxylic acids is 1. The normalized spacial score (nSPS) is 20.9. The van der Waals surface area contributed by atoms with Gasteiger partial charge in [-0.2, -0.15) is 0 Å². The van der Waals surface area contributed by atoms with Gasteiger partial charge in [0.1, 0.15) is 13.1 Å². The molecule has 0 bridgehead atoms. The molecule has 0 unspecified atom stereocenters. The van der Waals surface area contributed by atoms with Crippen LogP contribution < -0.4 is 0 Å². The minimum absolute atomic E-state index is 0.165. The first-order valence-electron chi connectivity index (χ1n) is 5.24. The molecule has 2 N–H and O–H groups in total. The fourth-order valence-corrected chi connectivity index (χ4v) is 2.27. The number of nitrogens with zero attached hydrogens (tertiary/aromatic N) is 2. The van der Waals surface area contributed by atoms with Crippen molar-refractivity contribution in [2.75, 3.05) is 26.7 Å². The van der Waals surface area contributed by atoms with E-state index in [0.717, 1.165) is 31.8 Å². The van der Waals surface area contributed by atoms with Crippen LogP contribution in [0.1, 0.15) is 12.8 Å². The summed E-state index contributed by atoms with van der Waals surface area (Å²) >= 11 is 0. The number of amidine groups is 1. The highest BCUT2D eigenvalue weighted by Crippen LogP contribution is 2.20. The molecule has 0 atom stereocenters. The predicted octanol–water partition coefficient (Wildman–Crippen LogP) is -0.0351. The molecule has 0 aromatic rings. The lowest BCUT2D eigenvalue weighted by molar-refractivity contribution is -0.510. The molecule has 6 heteroatoms. The lowest BCUT2D eigenvalue weighted by Gasteiger charge is -2.12. The Morgan fingerprint density at radius 1 is 1.44 bits per heavy atom. The zero-order chi connectivity index (χ0) is 11.7. The largest absolute Gasteiger partial charge is 0.478 e. The number of rotatable bonds is 3. The Labute approximate surface area is 93.1 Å². The number of carboxylic acids is 1. The van der Waals surface area contributed by atoms with Crippen molar-refractivity contribution in [3.05, 3.63) is 11.6 Å². The minimum Gasteiger partial charge on any atom is -0.478 e. The second-order valence-electron chi connectivity index (χ2n) is 3.82. The third kappa shape index (κ3) is 1.60. The zero-order valence-corrected chi connectivity index (χ0v) is 9.14. The van der Waals surface area contributed by atoms with E-state index >= 15 is 0 Å². The van der Waals surface area contributed by atoms with Crippen molar-refractivity contribution in [1.29, 1.82) is 0 Å². The van der Waals surface area contributed by atoms with Gasteiger partial charge in [-0.1, -0.05) is 0 Å². The number of hydrogen-bond acceptors (Lipinski definition) is 4. The number of aliphatic hydroxyl groups is 1. The molecule has 0 spiro atoms. The van der Waals surface area contributed by atoms with Gasteiger partial charge in [-0.3, -0.25) is 4.58 Å². The summed E-state index contributed by atoms with van der Waals surface area (Å²) in [5.41, 5.74) is -0.165. The summed E-state index contributed by atoms with van der Waals surface area (Å²) in [4.78, 5) is 12.7. The fraction of sp³-hybridized carbons (Fsp3) is 0.600. The summed E-state index contributed by atoms with van der Waals surface area (Å²) in [7, 11) is 1.26. The van der Waals surface area contributed by atoms with Crippen LogP contribution in [0.2, 0.25) is 0 Å². The Morgan fingerprint density at radius 2 is 2.19 bits per heavy atom. The van der Waals surface area contributed by atoms with Gasteiger partial charge in [0, 0.05) is 0 Å². The molecule has 0 amide bonds. The van der Waals surface area contributed by atoms with Gasteiger partial charge < -0.3 is 14.9 Å². The minimum atomic E-state index is -1.17. The maximum Gasteiger partial charge on any atom is 0.383 e. The van der Waals surface area contributed by atoms with Crippen molar-refractivity contribution in [2.45, 2.75) is 12.8 Å². The molecule has 0 saturated heterocycles. The van der Waals surface area contributed by atoms with E-state index < -0.39 is 11.9 Å². The Bertz CT molecular complexity index is 386. The van der Waals surface area contributed by atoms with Gasteiger partial charge in [-0.05, 0) is 6.42 Å². The standard InChI is InChI=1S/C10H14N2O4/c1-16-10(15)8(9(13)14)12-6-5-11-4-2-3-7(11)12/h2-6H2,1H3,(H-,13,14,15)/p+1. The highest BCUT2D eigenvalue weighted by atomic mass is 16.6. The number of carboxylic acid groups (broad SMARTS) is 1. The van der Waals surface area contributed by atoms with Gasteiger partial charge in [0.2, 0.25) is 0 Å². The predicted molar refractivity (Wildman–Crippen MR) is 55.2 cm³/mol. The van der Waals surface area contributed by atoms with Crippen molar-refractivity contribution >= 4 is 11.8 Å². The summed E-state index contributed by atoms with van der Waals surface area (Å²) in [6.07, 6.45) is 1.89. The second kappa shape index (κ2) is 4.03. The van der Waals surface area contributed by atoms with E-state index in [2.05, 4.69) is 9.31 Å². The molecule has 0 fully saturated rings. The second-order valence-corrected chi connectivity index (χ2v) is 3.82. The van der Waals surface area contributed by atoms with Crippen LogP contribution in [-0.4, -0.2) is 58.2 Å². The lowest BCUT2D eigenvalue weighted by Crippen LogP contribution is -2.32. The molecule has 2 aliphatic rings. The molecule has 6 nitrogen and oxygen atoms in total. The summed E-state index contributed by atoms with van der Waals surface area (Å²) in [6.45, 7) is 2.36. The van der Waals surface area contributed by atoms with Gasteiger partial charge in [-0.15, -0.1) is 0 Å². The molecule has 2 rings (SSSR count). The van der Waals surface area contributed by atoms with Crippen molar-refractivity contribution in [3.8, 4) is 0 Å². The summed E-state index contributed by atoms with van der Waals surface area (Å²) in [5, 5.41) is 18.6. The molecular weight excluding hydrogens is 212 g/mol. The third-order valence-electron chi connectivity index (χ3n) is 2.97. The Morgan fingerprint density at radius 3 is 2.81 bits per heavy atom. The Kier molecular flexibility index (Phi) is 2.72.